The van der Waals surface area contributed by atoms with Crippen molar-refractivity contribution in [3.8, 4) is 0 Å². The van der Waals surface area contributed by atoms with E-state index in [0.717, 1.165) is 18.4 Å². The van der Waals surface area contributed by atoms with Gasteiger partial charge in [0, 0.05) is 6.04 Å². The summed E-state index contributed by atoms with van der Waals surface area (Å²) in [6.45, 7) is 4.82. The Morgan fingerprint density at radius 1 is 1.38 bits per heavy atom. The molecule has 0 spiro atoms. The van der Waals surface area contributed by atoms with E-state index in [9.17, 15) is 9.18 Å². The zero-order valence-corrected chi connectivity index (χ0v) is 12.7. The van der Waals surface area contributed by atoms with Gasteiger partial charge < -0.3 is 4.90 Å². The average Bonchev–Trinajstić information content (AvgIpc) is 3.01. The maximum Gasteiger partial charge on any atom is 0.238 e. The monoisotopic (exact) mass is 290 g/mol. The third-order valence-electron chi connectivity index (χ3n) is 5.24. The van der Waals surface area contributed by atoms with Gasteiger partial charge in [-0.1, -0.05) is 32.4 Å². The molecule has 4 heteroatoms. The van der Waals surface area contributed by atoms with Crippen LogP contribution in [-0.2, 0) is 4.79 Å². The van der Waals surface area contributed by atoms with Gasteiger partial charge in [0.25, 0.3) is 0 Å². The van der Waals surface area contributed by atoms with Crippen molar-refractivity contribution in [2.75, 3.05) is 6.54 Å². The number of rotatable bonds is 3. The van der Waals surface area contributed by atoms with Gasteiger partial charge >= 0.3 is 0 Å². The normalized spacial score (nSPS) is 32.9. The van der Waals surface area contributed by atoms with E-state index in [1.807, 2.05) is 11.0 Å². The van der Waals surface area contributed by atoms with Gasteiger partial charge in [0.1, 0.15) is 12.0 Å². The van der Waals surface area contributed by atoms with Crippen molar-refractivity contribution in [1.29, 1.82) is 0 Å². The third kappa shape index (κ3) is 2.57. The van der Waals surface area contributed by atoms with Crippen LogP contribution >= 0.6 is 0 Å². The minimum Gasteiger partial charge on any atom is -0.319 e. The number of halogens is 1. The predicted octanol–water partition coefficient (Wildman–Crippen LogP) is 3.08. The molecule has 114 valence electrons. The van der Waals surface area contributed by atoms with Crippen LogP contribution < -0.4 is 5.32 Å². The van der Waals surface area contributed by atoms with Crippen molar-refractivity contribution in [2.45, 2.75) is 45.3 Å². The second-order valence-electron chi connectivity index (χ2n) is 6.31. The van der Waals surface area contributed by atoms with Gasteiger partial charge in [-0.2, -0.15) is 0 Å². The number of hydrogen-bond donors (Lipinski definition) is 1. The second-order valence-corrected chi connectivity index (χ2v) is 6.31. The molecule has 0 aromatic heterocycles. The molecule has 3 nitrogen and oxygen atoms in total. The highest BCUT2D eigenvalue weighted by atomic mass is 19.1. The number of amides is 1. The van der Waals surface area contributed by atoms with Crippen molar-refractivity contribution in [1.82, 2.24) is 10.2 Å². The van der Waals surface area contributed by atoms with E-state index in [1.54, 1.807) is 6.07 Å². The number of nitrogens with zero attached hydrogens (tertiary/aromatic N) is 1. The molecule has 3 rings (SSSR count). The molecule has 2 fully saturated rings. The van der Waals surface area contributed by atoms with Gasteiger partial charge in [0.15, 0.2) is 0 Å². The smallest absolute Gasteiger partial charge is 0.238 e. The quantitative estimate of drug-likeness (QED) is 0.928. The lowest BCUT2D eigenvalue weighted by molar-refractivity contribution is -0.131. The minimum absolute atomic E-state index is 0.137. The molecule has 4 atom stereocenters. The summed E-state index contributed by atoms with van der Waals surface area (Å²) in [5.41, 5.74) is 0.841. The molecular formula is C17H23FN2O. The SMILES string of the molecule is CCC1CCC(N2C(=O)CNC2c2cccc(F)c2)C1C. The topological polar surface area (TPSA) is 32.3 Å². The Balaban J connectivity index is 1.87. The van der Waals surface area contributed by atoms with Crippen molar-refractivity contribution < 1.29 is 9.18 Å². The maximum atomic E-state index is 13.5. The van der Waals surface area contributed by atoms with Gasteiger partial charge in [0.2, 0.25) is 5.91 Å². The van der Waals surface area contributed by atoms with Crippen molar-refractivity contribution in [2.24, 2.45) is 11.8 Å². The van der Waals surface area contributed by atoms with Crippen LogP contribution in [0.25, 0.3) is 0 Å². The van der Waals surface area contributed by atoms with E-state index < -0.39 is 0 Å². The Morgan fingerprint density at radius 2 is 2.19 bits per heavy atom. The zero-order chi connectivity index (χ0) is 15.0. The van der Waals surface area contributed by atoms with E-state index in [1.165, 1.54) is 18.6 Å². The first-order valence-corrected chi connectivity index (χ1v) is 7.91. The van der Waals surface area contributed by atoms with Crippen LogP contribution in [-0.4, -0.2) is 23.4 Å². The number of carbonyl (C=O) groups is 1. The molecule has 1 aliphatic carbocycles. The van der Waals surface area contributed by atoms with Gasteiger partial charge in [-0.25, -0.2) is 4.39 Å². The lowest BCUT2D eigenvalue weighted by atomic mass is 9.92. The summed E-state index contributed by atoms with van der Waals surface area (Å²) in [7, 11) is 0. The molecule has 1 aromatic carbocycles. The number of hydrogen-bond acceptors (Lipinski definition) is 2. The first-order valence-electron chi connectivity index (χ1n) is 7.91. The fraction of sp³-hybridized carbons (Fsp3) is 0.588. The molecule has 0 radical (unpaired) electrons. The predicted molar refractivity (Wildman–Crippen MR) is 80.0 cm³/mol. The Hall–Kier alpha value is -1.42. The van der Waals surface area contributed by atoms with E-state index in [0.29, 0.717) is 18.4 Å². The molecule has 1 saturated heterocycles. The van der Waals surface area contributed by atoms with Crippen molar-refractivity contribution in [3.63, 3.8) is 0 Å². The molecule has 21 heavy (non-hydrogen) atoms. The van der Waals surface area contributed by atoms with Crippen LogP contribution in [0.1, 0.15) is 44.8 Å². The summed E-state index contributed by atoms with van der Waals surface area (Å²) in [6, 6.07) is 6.84. The number of carbonyl (C=O) groups excluding carboxylic acids is 1. The number of nitrogens with one attached hydrogen (secondary N) is 1. The summed E-state index contributed by atoms with van der Waals surface area (Å²) in [4.78, 5) is 14.3. The van der Waals surface area contributed by atoms with Crippen molar-refractivity contribution in [3.05, 3.63) is 35.6 Å². The summed E-state index contributed by atoms with van der Waals surface area (Å²) in [5.74, 6) is 1.09. The summed E-state index contributed by atoms with van der Waals surface area (Å²) in [6.07, 6.45) is 3.22. The van der Waals surface area contributed by atoms with Crippen LogP contribution in [0.3, 0.4) is 0 Å². The molecule has 1 N–H and O–H groups in total. The van der Waals surface area contributed by atoms with Gasteiger partial charge in [0.05, 0.1) is 6.54 Å². The average molecular weight is 290 g/mol. The Kier molecular flexibility index (Phi) is 3.98. The molecular weight excluding hydrogens is 267 g/mol. The molecule has 4 unspecified atom stereocenters. The standard InChI is InChI=1S/C17H23FN2O/c1-3-12-7-8-15(11(12)2)20-16(21)10-19-17(20)13-5-4-6-14(18)9-13/h4-6,9,11-12,15,17,19H,3,7-8,10H2,1-2H3. The molecule has 1 aromatic rings. The van der Waals surface area contributed by atoms with Crippen LogP contribution in [0.2, 0.25) is 0 Å². The van der Waals surface area contributed by atoms with Crippen LogP contribution in [0.5, 0.6) is 0 Å². The van der Waals surface area contributed by atoms with E-state index >= 15 is 0 Å². The number of benzene rings is 1. The molecule has 2 aliphatic rings. The summed E-state index contributed by atoms with van der Waals surface area (Å²) < 4.78 is 13.5. The lowest BCUT2D eigenvalue weighted by Crippen LogP contribution is -2.41. The summed E-state index contributed by atoms with van der Waals surface area (Å²) >= 11 is 0. The zero-order valence-electron chi connectivity index (χ0n) is 12.7. The van der Waals surface area contributed by atoms with Gasteiger partial charge in [-0.15, -0.1) is 0 Å². The van der Waals surface area contributed by atoms with Crippen LogP contribution in [0.15, 0.2) is 24.3 Å². The van der Waals surface area contributed by atoms with E-state index in [2.05, 4.69) is 19.2 Å². The highest BCUT2D eigenvalue weighted by Crippen LogP contribution is 2.40. The third-order valence-corrected chi connectivity index (χ3v) is 5.24. The fourth-order valence-electron chi connectivity index (χ4n) is 4.04. The van der Waals surface area contributed by atoms with E-state index in [4.69, 9.17) is 0 Å². The summed E-state index contributed by atoms with van der Waals surface area (Å²) in [5, 5.41) is 3.24. The first kappa shape index (κ1) is 14.5. The molecule has 1 saturated carbocycles. The lowest BCUT2D eigenvalue weighted by Gasteiger charge is -2.34. The van der Waals surface area contributed by atoms with Gasteiger partial charge in [-0.05, 0) is 42.4 Å². The first-order chi connectivity index (χ1) is 10.1. The highest BCUT2D eigenvalue weighted by Gasteiger charge is 2.43. The largest absolute Gasteiger partial charge is 0.319 e. The molecule has 1 amide bonds. The fourth-order valence-corrected chi connectivity index (χ4v) is 4.04. The highest BCUT2D eigenvalue weighted by molar-refractivity contribution is 5.81. The Bertz CT molecular complexity index is 533. The Morgan fingerprint density at radius 3 is 2.86 bits per heavy atom. The van der Waals surface area contributed by atoms with Crippen molar-refractivity contribution >= 4 is 5.91 Å². The Labute approximate surface area is 125 Å². The van der Waals surface area contributed by atoms with Crippen LogP contribution in [0.4, 0.5) is 4.39 Å². The molecule has 0 bridgehead atoms. The van der Waals surface area contributed by atoms with Gasteiger partial charge in [-0.3, -0.25) is 10.1 Å². The molecule has 1 heterocycles. The second kappa shape index (κ2) is 5.76. The van der Waals surface area contributed by atoms with Crippen LogP contribution in [0, 0.1) is 17.7 Å². The maximum absolute atomic E-state index is 13.5. The van der Waals surface area contributed by atoms with E-state index in [-0.39, 0.29) is 23.9 Å². The minimum atomic E-state index is -0.250. The molecule has 1 aliphatic heterocycles.